The Balaban J connectivity index is 1.66. The number of fused-ring (bicyclic) bond motifs is 1. The summed E-state index contributed by atoms with van der Waals surface area (Å²) in [4.78, 5) is 48.1. The number of hydrogen-bond donors (Lipinski definition) is 2. The maximum atomic E-state index is 13.3. The number of aromatic carboxylic acids is 1. The molecule has 1 amide bonds. The molecule has 3 heterocycles. The zero-order chi connectivity index (χ0) is 26.1. The number of benzene rings is 2. The summed E-state index contributed by atoms with van der Waals surface area (Å²) in [5.74, 6) is -2.66. The van der Waals surface area contributed by atoms with E-state index in [9.17, 15) is 24.6 Å². The molecule has 0 saturated carbocycles. The minimum atomic E-state index is -1.09. The third-order valence-electron chi connectivity index (χ3n) is 5.82. The summed E-state index contributed by atoms with van der Waals surface area (Å²) in [6.07, 6.45) is 2.34. The van der Waals surface area contributed by atoms with E-state index in [1.807, 2.05) is 6.92 Å². The average Bonchev–Trinajstić information content (AvgIpc) is 3.45. The topological polar surface area (TPSA) is 130 Å². The second-order valence-corrected chi connectivity index (χ2v) is 9.29. The summed E-state index contributed by atoms with van der Waals surface area (Å²) in [5.41, 5.74) is 1.13. The van der Waals surface area contributed by atoms with E-state index in [0.717, 1.165) is 17.8 Å². The largest absolute Gasteiger partial charge is 0.507 e. The normalized spacial score (nSPS) is 16.9. The van der Waals surface area contributed by atoms with Gasteiger partial charge in [0.25, 0.3) is 5.78 Å². The molecule has 4 aromatic rings. The Hall–Kier alpha value is -4.57. The number of anilines is 1. The van der Waals surface area contributed by atoms with Crippen molar-refractivity contribution >= 4 is 50.1 Å². The minimum Gasteiger partial charge on any atom is -0.507 e. The Bertz CT molecular complexity index is 1560. The van der Waals surface area contributed by atoms with Crippen molar-refractivity contribution in [1.29, 1.82) is 0 Å². The SMILES string of the molecule is CCCOc1cccc(/C(O)=C2\C(=O)C(=O)N(c3nc4ccc(C(=O)O)cc4s3)C2c2ccccn2)c1. The average molecular weight is 516 g/mol. The van der Waals surface area contributed by atoms with Crippen molar-refractivity contribution in [2.45, 2.75) is 19.4 Å². The molecule has 2 aromatic heterocycles. The standard InChI is InChI=1S/C27H21N3O6S/c1-2-12-36-17-7-5-6-15(13-17)23(31)21-22(19-8-3-4-11-28-19)30(25(33)24(21)32)27-29-18-10-9-16(26(34)35)14-20(18)37-27/h3-11,13-14,22,31H,2,12H2,1H3,(H,34,35)/b23-21+. The van der Waals surface area contributed by atoms with Crippen LogP contribution >= 0.6 is 11.3 Å². The van der Waals surface area contributed by atoms with Crippen LogP contribution in [0.2, 0.25) is 0 Å². The summed E-state index contributed by atoms with van der Waals surface area (Å²) in [5, 5.41) is 20.8. The molecule has 0 bridgehead atoms. The number of aliphatic hydroxyl groups excluding tert-OH is 1. The van der Waals surface area contributed by atoms with E-state index >= 15 is 0 Å². The molecule has 1 unspecified atom stereocenters. The molecule has 5 rings (SSSR count). The molecular formula is C27H21N3O6S. The smallest absolute Gasteiger partial charge is 0.335 e. The molecule has 0 aliphatic carbocycles. The van der Waals surface area contributed by atoms with Crippen molar-refractivity contribution in [3.63, 3.8) is 0 Å². The number of amides is 1. The second kappa shape index (κ2) is 9.82. The zero-order valence-electron chi connectivity index (χ0n) is 19.6. The summed E-state index contributed by atoms with van der Waals surface area (Å²) in [7, 11) is 0. The number of carboxylic acids is 1. The van der Waals surface area contributed by atoms with Gasteiger partial charge in [-0.3, -0.25) is 19.5 Å². The van der Waals surface area contributed by atoms with E-state index < -0.39 is 23.7 Å². The first-order valence-electron chi connectivity index (χ1n) is 11.5. The fraction of sp³-hybridized carbons (Fsp3) is 0.148. The van der Waals surface area contributed by atoms with Crippen LogP contribution in [0.1, 0.15) is 41.0 Å². The van der Waals surface area contributed by atoms with Crippen LogP contribution < -0.4 is 9.64 Å². The number of hydrogen-bond acceptors (Lipinski definition) is 8. The van der Waals surface area contributed by atoms with Gasteiger partial charge in [-0.15, -0.1) is 0 Å². The number of thiazole rings is 1. The van der Waals surface area contributed by atoms with Crippen LogP contribution in [0.4, 0.5) is 5.13 Å². The lowest BCUT2D eigenvalue weighted by Gasteiger charge is -2.22. The monoisotopic (exact) mass is 515 g/mol. The first-order valence-corrected chi connectivity index (χ1v) is 12.3. The highest BCUT2D eigenvalue weighted by atomic mass is 32.1. The number of nitrogens with zero attached hydrogens (tertiary/aromatic N) is 3. The van der Waals surface area contributed by atoms with E-state index in [1.54, 1.807) is 48.5 Å². The van der Waals surface area contributed by atoms with Gasteiger partial charge in [0.15, 0.2) is 5.13 Å². The van der Waals surface area contributed by atoms with Crippen LogP contribution in [0, 0.1) is 0 Å². The first-order chi connectivity index (χ1) is 17.9. The molecule has 1 aliphatic heterocycles. The van der Waals surface area contributed by atoms with Gasteiger partial charge in [0.2, 0.25) is 0 Å². The predicted octanol–water partition coefficient (Wildman–Crippen LogP) is 4.80. The van der Waals surface area contributed by atoms with Gasteiger partial charge in [-0.1, -0.05) is 36.5 Å². The minimum absolute atomic E-state index is 0.0798. The van der Waals surface area contributed by atoms with E-state index in [4.69, 9.17) is 4.74 Å². The molecule has 0 spiro atoms. The van der Waals surface area contributed by atoms with Crippen molar-refractivity contribution in [3.8, 4) is 5.75 Å². The number of carbonyl (C=O) groups is 3. The fourth-order valence-electron chi connectivity index (χ4n) is 4.10. The summed E-state index contributed by atoms with van der Waals surface area (Å²) in [6.45, 7) is 2.46. The van der Waals surface area contributed by atoms with Crippen LogP contribution in [-0.2, 0) is 9.59 Å². The fourth-order valence-corrected chi connectivity index (χ4v) is 5.14. The van der Waals surface area contributed by atoms with Crippen molar-refractivity contribution in [2.75, 3.05) is 11.5 Å². The number of aliphatic hydroxyl groups is 1. The van der Waals surface area contributed by atoms with Crippen LogP contribution in [-0.4, -0.2) is 44.4 Å². The highest BCUT2D eigenvalue weighted by Crippen LogP contribution is 2.44. The number of pyridine rings is 1. The predicted molar refractivity (Wildman–Crippen MR) is 138 cm³/mol. The molecule has 2 aromatic carbocycles. The lowest BCUT2D eigenvalue weighted by molar-refractivity contribution is -0.132. The number of ketones is 1. The molecule has 0 radical (unpaired) electrons. The third kappa shape index (κ3) is 4.43. The van der Waals surface area contributed by atoms with E-state index in [-0.39, 0.29) is 22.0 Å². The van der Waals surface area contributed by atoms with Crippen molar-refractivity contribution < 1.29 is 29.3 Å². The molecule has 1 saturated heterocycles. The van der Waals surface area contributed by atoms with Crippen LogP contribution in [0.5, 0.6) is 5.75 Å². The Morgan fingerprint density at radius 3 is 2.62 bits per heavy atom. The maximum Gasteiger partial charge on any atom is 0.335 e. The quantitative estimate of drug-likeness (QED) is 0.204. The number of Topliss-reactive ketones (excluding diaryl/α,β-unsaturated/α-hetero) is 1. The Morgan fingerprint density at radius 2 is 1.89 bits per heavy atom. The summed E-state index contributed by atoms with van der Waals surface area (Å²) < 4.78 is 6.20. The lowest BCUT2D eigenvalue weighted by atomic mass is 9.98. The van der Waals surface area contributed by atoms with Crippen LogP contribution in [0.25, 0.3) is 16.0 Å². The second-order valence-electron chi connectivity index (χ2n) is 8.28. The molecule has 9 nitrogen and oxygen atoms in total. The van der Waals surface area contributed by atoms with Crippen molar-refractivity contribution in [2.24, 2.45) is 0 Å². The van der Waals surface area contributed by atoms with E-state index in [0.29, 0.717) is 33.8 Å². The first kappa shape index (κ1) is 24.1. The van der Waals surface area contributed by atoms with Gasteiger partial charge in [0.05, 0.1) is 33.7 Å². The summed E-state index contributed by atoms with van der Waals surface area (Å²) in [6, 6.07) is 15.2. The maximum absolute atomic E-state index is 13.3. The van der Waals surface area contributed by atoms with E-state index in [1.165, 1.54) is 23.2 Å². The van der Waals surface area contributed by atoms with Crippen LogP contribution in [0.3, 0.4) is 0 Å². The zero-order valence-corrected chi connectivity index (χ0v) is 20.4. The van der Waals surface area contributed by atoms with Gasteiger partial charge in [0, 0.05) is 11.8 Å². The van der Waals surface area contributed by atoms with Gasteiger partial charge >= 0.3 is 11.9 Å². The molecule has 1 aliphatic rings. The summed E-state index contributed by atoms with van der Waals surface area (Å²) >= 11 is 1.08. The molecule has 186 valence electrons. The third-order valence-corrected chi connectivity index (χ3v) is 6.84. The number of ether oxygens (including phenoxy) is 1. The molecule has 10 heteroatoms. The Morgan fingerprint density at radius 1 is 1.05 bits per heavy atom. The number of carboxylic acid groups (broad SMARTS) is 1. The highest BCUT2D eigenvalue weighted by Gasteiger charge is 2.48. The lowest BCUT2D eigenvalue weighted by Crippen LogP contribution is -2.29. The van der Waals surface area contributed by atoms with Crippen molar-refractivity contribution in [1.82, 2.24) is 9.97 Å². The molecule has 1 fully saturated rings. The van der Waals surface area contributed by atoms with Gasteiger partial charge in [-0.05, 0) is 48.9 Å². The van der Waals surface area contributed by atoms with Crippen LogP contribution in [0.15, 0.2) is 72.4 Å². The van der Waals surface area contributed by atoms with Crippen molar-refractivity contribution in [3.05, 3.63) is 89.3 Å². The van der Waals surface area contributed by atoms with Gasteiger partial charge in [0.1, 0.15) is 17.6 Å². The highest BCUT2D eigenvalue weighted by molar-refractivity contribution is 7.22. The molecule has 37 heavy (non-hydrogen) atoms. The van der Waals surface area contributed by atoms with Gasteiger partial charge in [-0.25, -0.2) is 9.78 Å². The molecular weight excluding hydrogens is 494 g/mol. The number of rotatable bonds is 7. The van der Waals surface area contributed by atoms with E-state index in [2.05, 4.69) is 9.97 Å². The molecule has 2 N–H and O–H groups in total. The van der Waals surface area contributed by atoms with Gasteiger partial charge in [-0.2, -0.15) is 0 Å². The molecule has 1 atom stereocenters. The number of carbonyl (C=O) groups excluding carboxylic acids is 2. The number of aromatic nitrogens is 2. The Labute approximate surface area is 215 Å². The van der Waals surface area contributed by atoms with Gasteiger partial charge < -0.3 is 14.9 Å². The Kier molecular flexibility index (Phi) is 6.41.